The minimum Gasteiger partial charge on any atom is -0.377 e. The first-order valence-corrected chi connectivity index (χ1v) is 7.85. The Morgan fingerprint density at radius 2 is 1.95 bits per heavy atom. The molecule has 1 aliphatic carbocycles. The topological polar surface area (TPSA) is 85.1 Å². The van der Waals surface area contributed by atoms with Crippen LogP contribution in [0.15, 0.2) is 6.07 Å². The van der Waals surface area contributed by atoms with E-state index in [4.69, 9.17) is 10.6 Å². The molecule has 6 nitrogen and oxygen atoms in total. The molecule has 0 spiro atoms. The van der Waals surface area contributed by atoms with E-state index in [1.54, 1.807) is 7.11 Å². The Hall–Kier alpha value is -1.40. The van der Waals surface area contributed by atoms with Gasteiger partial charge in [0.25, 0.3) is 0 Å². The lowest BCUT2D eigenvalue weighted by atomic mass is 9.83. The van der Waals surface area contributed by atoms with Crippen molar-refractivity contribution >= 4 is 11.6 Å². The number of nitrogen functional groups attached to an aromatic ring is 1. The number of hydrazine groups is 1. The van der Waals surface area contributed by atoms with Gasteiger partial charge < -0.3 is 15.5 Å². The van der Waals surface area contributed by atoms with Gasteiger partial charge in [-0.3, -0.25) is 0 Å². The predicted octanol–water partition coefficient (Wildman–Crippen LogP) is 2.68. The number of rotatable bonds is 7. The molecule has 118 valence electrons. The molecule has 1 saturated carbocycles. The Kier molecular flexibility index (Phi) is 6.20. The number of anilines is 2. The molecule has 0 radical (unpaired) electrons. The average Bonchev–Trinajstić information content (AvgIpc) is 2.49. The summed E-state index contributed by atoms with van der Waals surface area (Å²) in [6.07, 6.45) is 7.69. The molecule has 0 atom stereocenters. The summed E-state index contributed by atoms with van der Waals surface area (Å²) in [5.41, 5.74) is 2.58. The van der Waals surface area contributed by atoms with Gasteiger partial charge in [0.05, 0.1) is 0 Å². The second-order valence-corrected chi connectivity index (χ2v) is 5.78. The second-order valence-electron chi connectivity index (χ2n) is 5.78. The maximum Gasteiger partial charge on any atom is 0.158 e. The van der Waals surface area contributed by atoms with E-state index in [1.807, 2.05) is 6.07 Å². The molecule has 1 aromatic heterocycles. The maximum atomic E-state index is 5.46. The van der Waals surface area contributed by atoms with E-state index < -0.39 is 0 Å². The van der Waals surface area contributed by atoms with E-state index in [2.05, 4.69) is 27.6 Å². The molecule has 4 N–H and O–H groups in total. The van der Waals surface area contributed by atoms with Crippen LogP contribution in [0.3, 0.4) is 0 Å². The summed E-state index contributed by atoms with van der Waals surface area (Å²) < 4.78 is 5.09. The molecule has 1 aromatic rings. The number of hydrogen-bond donors (Lipinski definition) is 3. The molecule has 0 bridgehead atoms. The van der Waals surface area contributed by atoms with Crippen LogP contribution in [-0.4, -0.2) is 23.1 Å². The maximum absolute atomic E-state index is 5.46. The average molecular weight is 293 g/mol. The zero-order chi connectivity index (χ0) is 15.1. The quantitative estimate of drug-likeness (QED) is 0.529. The Bertz CT molecular complexity index is 432. The first-order chi connectivity index (χ1) is 10.2. The van der Waals surface area contributed by atoms with Crippen LogP contribution in [0.1, 0.15) is 51.3 Å². The van der Waals surface area contributed by atoms with Crippen molar-refractivity contribution in [3.05, 3.63) is 11.9 Å². The van der Waals surface area contributed by atoms with Gasteiger partial charge in [-0.05, 0) is 31.6 Å². The lowest BCUT2D eigenvalue weighted by Crippen LogP contribution is -2.27. The van der Waals surface area contributed by atoms with Gasteiger partial charge >= 0.3 is 0 Å². The summed E-state index contributed by atoms with van der Waals surface area (Å²) in [7, 11) is 1.63. The number of ether oxygens (including phenoxy) is 1. The van der Waals surface area contributed by atoms with Crippen LogP contribution in [0.5, 0.6) is 0 Å². The van der Waals surface area contributed by atoms with Crippen molar-refractivity contribution in [2.45, 2.75) is 58.1 Å². The van der Waals surface area contributed by atoms with E-state index in [-0.39, 0.29) is 0 Å². The lowest BCUT2D eigenvalue weighted by Gasteiger charge is -2.29. The van der Waals surface area contributed by atoms with E-state index in [0.717, 1.165) is 11.7 Å². The summed E-state index contributed by atoms with van der Waals surface area (Å²) in [6, 6.07) is 2.34. The molecular weight excluding hydrogens is 266 g/mol. The van der Waals surface area contributed by atoms with E-state index in [0.29, 0.717) is 24.3 Å². The number of methoxy groups -OCH3 is 1. The molecule has 0 unspecified atom stereocenters. The van der Waals surface area contributed by atoms with Crippen molar-refractivity contribution in [2.24, 2.45) is 11.8 Å². The third kappa shape index (κ3) is 4.82. The van der Waals surface area contributed by atoms with E-state index in [1.165, 1.54) is 38.5 Å². The summed E-state index contributed by atoms with van der Waals surface area (Å²) in [6.45, 7) is 2.65. The van der Waals surface area contributed by atoms with Gasteiger partial charge in [0.2, 0.25) is 0 Å². The number of nitrogens with one attached hydrogen (secondary N) is 2. The van der Waals surface area contributed by atoms with Crippen molar-refractivity contribution in [2.75, 3.05) is 17.9 Å². The van der Waals surface area contributed by atoms with Gasteiger partial charge in [-0.25, -0.2) is 15.8 Å². The standard InChI is InChI=1S/C15H27N5O/c1-3-4-11-5-7-12(8-6-11)17-13-9-14(20-16)19-15(18-13)10-21-2/h9,11-12H,3-8,10,16H2,1-2H3,(H2,17,18,19,20). The number of nitrogens with two attached hydrogens (primary N) is 1. The first kappa shape index (κ1) is 16.0. The molecule has 21 heavy (non-hydrogen) atoms. The third-order valence-electron chi connectivity index (χ3n) is 4.09. The van der Waals surface area contributed by atoms with E-state index in [9.17, 15) is 0 Å². The minimum absolute atomic E-state index is 0.382. The molecule has 0 amide bonds. The number of aromatic nitrogens is 2. The minimum atomic E-state index is 0.382. The third-order valence-corrected chi connectivity index (χ3v) is 4.09. The van der Waals surface area contributed by atoms with Crippen molar-refractivity contribution < 1.29 is 4.74 Å². The highest BCUT2D eigenvalue weighted by Crippen LogP contribution is 2.29. The first-order valence-electron chi connectivity index (χ1n) is 7.85. The molecule has 1 heterocycles. The molecular formula is C15H27N5O. The Labute approximate surface area is 126 Å². The second kappa shape index (κ2) is 8.14. The van der Waals surface area contributed by atoms with Crippen LogP contribution in [0.2, 0.25) is 0 Å². The van der Waals surface area contributed by atoms with Gasteiger partial charge in [0.1, 0.15) is 18.2 Å². The fourth-order valence-corrected chi connectivity index (χ4v) is 3.05. The molecule has 0 saturated heterocycles. The summed E-state index contributed by atoms with van der Waals surface area (Å²) >= 11 is 0. The molecule has 1 fully saturated rings. The van der Waals surface area contributed by atoms with Crippen molar-refractivity contribution in [1.82, 2.24) is 9.97 Å². The zero-order valence-corrected chi connectivity index (χ0v) is 13.1. The van der Waals surface area contributed by atoms with Crippen LogP contribution in [-0.2, 0) is 11.3 Å². The van der Waals surface area contributed by atoms with Gasteiger partial charge in [-0.15, -0.1) is 0 Å². The van der Waals surface area contributed by atoms with Crippen LogP contribution < -0.4 is 16.6 Å². The fraction of sp³-hybridized carbons (Fsp3) is 0.733. The monoisotopic (exact) mass is 293 g/mol. The highest BCUT2D eigenvalue weighted by Gasteiger charge is 2.21. The lowest BCUT2D eigenvalue weighted by molar-refractivity contribution is 0.178. The highest BCUT2D eigenvalue weighted by molar-refractivity contribution is 5.47. The Morgan fingerprint density at radius 1 is 1.24 bits per heavy atom. The van der Waals surface area contributed by atoms with Crippen LogP contribution in [0.4, 0.5) is 11.6 Å². The smallest absolute Gasteiger partial charge is 0.158 e. The van der Waals surface area contributed by atoms with Crippen LogP contribution >= 0.6 is 0 Å². The summed E-state index contributed by atoms with van der Waals surface area (Å²) in [5.74, 6) is 8.43. The molecule has 6 heteroatoms. The van der Waals surface area contributed by atoms with Gasteiger partial charge in [0.15, 0.2) is 5.82 Å². The SMILES string of the molecule is CCCC1CCC(Nc2cc(NN)nc(COC)n2)CC1. The molecule has 2 rings (SSSR count). The van der Waals surface area contributed by atoms with Crippen LogP contribution in [0, 0.1) is 5.92 Å². The molecule has 1 aliphatic rings. The van der Waals surface area contributed by atoms with Gasteiger partial charge in [0, 0.05) is 19.2 Å². The number of nitrogens with zero attached hydrogens (tertiary/aromatic N) is 2. The largest absolute Gasteiger partial charge is 0.377 e. The number of hydrogen-bond acceptors (Lipinski definition) is 6. The van der Waals surface area contributed by atoms with Crippen molar-refractivity contribution in [3.63, 3.8) is 0 Å². The molecule has 0 aromatic carbocycles. The van der Waals surface area contributed by atoms with Gasteiger partial charge in [-0.2, -0.15) is 0 Å². The summed E-state index contributed by atoms with van der Waals surface area (Å²) in [4.78, 5) is 8.74. The zero-order valence-electron chi connectivity index (χ0n) is 13.1. The summed E-state index contributed by atoms with van der Waals surface area (Å²) in [5, 5.41) is 3.51. The normalized spacial score (nSPS) is 22.0. The Balaban J connectivity index is 1.94. The van der Waals surface area contributed by atoms with Crippen LogP contribution in [0.25, 0.3) is 0 Å². The Morgan fingerprint density at radius 3 is 2.57 bits per heavy atom. The van der Waals surface area contributed by atoms with Gasteiger partial charge in [-0.1, -0.05) is 19.8 Å². The van der Waals surface area contributed by atoms with E-state index >= 15 is 0 Å². The fourth-order valence-electron chi connectivity index (χ4n) is 3.05. The van der Waals surface area contributed by atoms with Crippen molar-refractivity contribution in [1.29, 1.82) is 0 Å². The predicted molar refractivity (Wildman–Crippen MR) is 84.8 cm³/mol. The molecule has 0 aliphatic heterocycles. The van der Waals surface area contributed by atoms with Crippen molar-refractivity contribution in [3.8, 4) is 0 Å². The highest BCUT2D eigenvalue weighted by atomic mass is 16.5.